The Hall–Kier alpha value is -1.40. The second-order valence-corrected chi connectivity index (χ2v) is 8.75. The highest BCUT2D eigenvalue weighted by Crippen LogP contribution is 2.15. The fourth-order valence-electron chi connectivity index (χ4n) is 1.47. The van der Waals surface area contributed by atoms with Crippen LogP contribution in [-0.4, -0.2) is 58.5 Å². The van der Waals surface area contributed by atoms with Gasteiger partial charge in [0.1, 0.15) is 16.4 Å². The lowest BCUT2D eigenvalue weighted by molar-refractivity contribution is 0.350. The number of rotatable bonds is 5. The van der Waals surface area contributed by atoms with Crippen LogP contribution in [0.25, 0.3) is 0 Å². The van der Waals surface area contributed by atoms with E-state index in [0.29, 0.717) is 5.56 Å². The fourth-order valence-corrected chi connectivity index (χ4v) is 3.41. The van der Waals surface area contributed by atoms with Gasteiger partial charge < -0.3 is 5.11 Å². The monoisotopic (exact) mass is 331 g/mol. The predicted molar refractivity (Wildman–Crippen MR) is 79.9 cm³/mol. The van der Waals surface area contributed by atoms with Gasteiger partial charge in [0.05, 0.1) is 10.6 Å². The molecule has 0 atom stereocenters. The number of benzene rings is 1. The maximum atomic E-state index is 12.3. The van der Waals surface area contributed by atoms with Gasteiger partial charge in [-0.1, -0.05) is 17.9 Å². The van der Waals surface area contributed by atoms with Crippen LogP contribution in [0.4, 0.5) is 0 Å². The Labute approximate surface area is 125 Å². The third-order valence-electron chi connectivity index (χ3n) is 2.63. The third-order valence-corrected chi connectivity index (χ3v) is 5.41. The van der Waals surface area contributed by atoms with Gasteiger partial charge in [0.25, 0.3) is 0 Å². The molecule has 1 rings (SSSR count). The highest BCUT2D eigenvalue weighted by molar-refractivity contribution is 7.91. The molecule has 0 heterocycles. The van der Waals surface area contributed by atoms with Crippen LogP contribution in [0.3, 0.4) is 0 Å². The van der Waals surface area contributed by atoms with Crippen LogP contribution in [0.2, 0.25) is 0 Å². The van der Waals surface area contributed by atoms with Crippen LogP contribution in [0.1, 0.15) is 5.56 Å². The summed E-state index contributed by atoms with van der Waals surface area (Å²) in [6.07, 6.45) is 1.05. The molecule has 6 nitrogen and oxygen atoms in total. The van der Waals surface area contributed by atoms with Crippen molar-refractivity contribution in [3.63, 3.8) is 0 Å². The summed E-state index contributed by atoms with van der Waals surface area (Å²) in [6, 6.07) is 5.96. The van der Waals surface area contributed by atoms with Gasteiger partial charge in [-0.05, 0) is 18.2 Å². The Kier molecular flexibility index (Phi) is 5.92. The molecule has 21 heavy (non-hydrogen) atoms. The number of nitrogens with zero attached hydrogens (tertiary/aromatic N) is 1. The van der Waals surface area contributed by atoms with E-state index in [1.165, 1.54) is 19.2 Å². The zero-order valence-corrected chi connectivity index (χ0v) is 13.4. The molecule has 0 bridgehead atoms. The van der Waals surface area contributed by atoms with Crippen LogP contribution in [0.5, 0.6) is 0 Å². The molecule has 0 aliphatic carbocycles. The molecular weight excluding hydrogens is 314 g/mol. The molecule has 8 heteroatoms. The van der Waals surface area contributed by atoms with Crippen molar-refractivity contribution in [3.8, 4) is 11.8 Å². The van der Waals surface area contributed by atoms with Crippen molar-refractivity contribution in [3.05, 3.63) is 29.8 Å². The Morgan fingerprint density at radius 2 is 1.90 bits per heavy atom. The largest absolute Gasteiger partial charge is 0.384 e. The number of aliphatic hydroxyl groups excluding tert-OH is 1. The van der Waals surface area contributed by atoms with Crippen molar-refractivity contribution in [2.75, 3.05) is 32.2 Å². The van der Waals surface area contributed by atoms with E-state index in [9.17, 15) is 16.8 Å². The number of hydrogen-bond donors (Lipinski definition) is 1. The molecule has 0 saturated carbocycles. The van der Waals surface area contributed by atoms with Crippen molar-refractivity contribution in [2.45, 2.75) is 4.90 Å². The highest BCUT2D eigenvalue weighted by Gasteiger charge is 2.21. The van der Waals surface area contributed by atoms with Gasteiger partial charge in [0.2, 0.25) is 10.0 Å². The van der Waals surface area contributed by atoms with Gasteiger partial charge in [-0.15, -0.1) is 0 Å². The first-order valence-electron chi connectivity index (χ1n) is 6.00. The van der Waals surface area contributed by atoms with Gasteiger partial charge >= 0.3 is 0 Å². The summed E-state index contributed by atoms with van der Waals surface area (Å²) in [4.78, 5) is 0.0308. The van der Waals surface area contributed by atoms with Gasteiger partial charge in [-0.3, -0.25) is 0 Å². The molecule has 0 aromatic heterocycles. The predicted octanol–water partition coefficient (Wildman–Crippen LogP) is -0.304. The molecule has 0 amide bonds. The molecule has 1 aromatic rings. The molecule has 116 valence electrons. The maximum Gasteiger partial charge on any atom is 0.242 e. The van der Waals surface area contributed by atoms with Crippen molar-refractivity contribution >= 4 is 19.9 Å². The molecule has 0 spiro atoms. The van der Waals surface area contributed by atoms with Crippen LogP contribution in [-0.2, 0) is 19.9 Å². The Morgan fingerprint density at radius 3 is 2.48 bits per heavy atom. The Morgan fingerprint density at radius 1 is 1.24 bits per heavy atom. The summed E-state index contributed by atoms with van der Waals surface area (Å²) in [5.41, 5.74) is 0.460. The topological polar surface area (TPSA) is 91.8 Å². The number of aliphatic hydroxyl groups is 1. The molecule has 1 N–H and O–H groups in total. The summed E-state index contributed by atoms with van der Waals surface area (Å²) in [5.74, 6) is 4.82. The molecule has 0 saturated heterocycles. The normalized spacial score (nSPS) is 12.0. The molecule has 0 radical (unpaired) electrons. The molecular formula is C13H17NO5S2. The average Bonchev–Trinajstić information content (AvgIpc) is 2.42. The number of sulfonamides is 1. The van der Waals surface area contributed by atoms with E-state index in [-0.39, 0.29) is 23.8 Å². The SMILES string of the molecule is CN(CCS(C)(=O)=O)S(=O)(=O)c1cccc(C#CCO)c1. The van der Waals surface area contributed by atoms with E-state index in [2.05, 4.69) is 11.8 Å². The lowest BCUT2D eigenvalue weighted by Gasteiger charge is -2.16. The lowest BCUT2D eigenvalue weighted by atomic mass is 10.2. The van der Waals surface area contributed by atoms with E-state index in [1.807, 2.05) is 0 Å². The minimum Gasteiger partial charge on any atom is -0.384 e. The van der Waals surface area contributed by atoms with Crippen LogP contribution in [0.15, 0.2) is 29.2 Å². The van der Waals surface area contributed by atoms with Crippen molar-refractivity contribution in [1.82, 2.24) is 4.31 Å². The second kappa shape index (κ2) is 7.04. The first-order valence-corrected chi connectivity index (χ1v) is 9.51. The molecule has 0 unspecified atom stereocenters. The van der Waals surface area contributed by atoms with Crippen molar-refractivity contribution in [2.24, 2.45) is 0 Å². The highest BCUT2D eigenvalue weighted by atomic mass is 32.2. The maximum absolute atomic E-state index is 12.3. The average molecular weight is 331 g/mol. The van der Waals surface area contributed by atoms with E-state index in [4.69, 9.17) is 5.11 Å². The van der Waals surface area contributed by atoms with E-state index < -0.39 is 19.9 Å². The second-order valence-electron chi connectivity index (χ2n) is 4.44. The fraction of sp³-hybridized carbons (Fsp3) is 0.385. The van der Waals surface area contributed by atoms with Crippen LogP contribution in [0, 0.1) is 11.8 Å². The Balaban J connectivity index is 3.02. The molecule has 1 aromatic carbocycles. The van der Waals surface area contributed by atoms with E-state index >= 15 is 0 Å². The van der Waals surface area contributed by atoms with E-state index in [0.717, 1.165) is 10.6 Å². The minimum atomic E-state index is -3.77. The van der Waals surface area contributed by atoms with Gasteiger partial charge in [0.15, 0.2) is 0 Å². The lowest BCUT2D eigenvalue weighted by Crippen LogP contribution is -2.31. The summed E-state index contributed by atoms with van der Waals surface area (Å²) >= 11 is 0. The summed E-state index contributed by atoms with van der Waals surface area (Å²) < 4.78 is 47.8. The Bertz CT molecular complexity index is 757. The first kappa shape index (κ1) is 17.7. The molecule has 0 aliphatic rings. The zero-order valence-electron chi connectivity index (χ0n) is 11.8. The van der Waals surface area contributed by atoms with E-state index in [1.54, 1.807) is 12.1 Å². The summed E-state index contributed by atoms with van der Waals surface area (Å²) in [6.45, 7) is -0.432. The smallest absolute Gasteiger partial charge is 0.242 e. The molecule has 0 aliphatic heterocycles. The first-order chi connectivity index (χ1) is 9.66. The van der Waals surface area contributed by atoms with Crippen molar-refractivity contribution in [1.29, 1.82) is 0 Å². The van der Waals surface area contributed by atoms with Gasteiger partial charge in [-0.2, -0.15) is 4.31 Å². The number of hydrogen-bond acceptors (Lipinski definition) is 5. The van der Waals surface area contributed by atoms with Gasteiger partial charge in [0, 0.05) is 25.4 Å². The minimum absolute atomic E-state index is 0.0308. The third kappa shape index (κ3) is 5.47. The standard InChI is InChI=1S/C13H17NO5S2/c1-14(8-10-20(2,16)17)21(18,19)13-7-3-5-12(11-13)6-4-9-15/h3,5,7,11,15H,8-10H2,1-2H3. The van der Waals surface area contributed by atoms with Gasteiger partial charge in [-0.25, -0.2) is 16.8 Å². The number of sulfone groups is 1. The zero-order chi connectivity index (χ0) is 16.1. The van der Waals surface area contributed by atoms with Crippen molar-refractivity contribution < 1.29 is 21.9 Å². The summed E-state index contributed by atoms with van der Waals surface area (Å²) in [7, 11) is -5.68. The quantitative estimate of drug-likeness (QED) is 0.748. The molecule has 0 fully saturated rings. The van der Waals surface area contributed by atoms with Crippen LogP contribution >= 0.6 is 0 Å². The van der Waals surface area contributed by atoms with Crippen LogP contribution < -0.4 is 0 Å². The summed E-state index contributed by atoms with van der Waals surface area (Å²) in [5, 5.41) is 8.63.